The molecule has 0 heterocycles. The molecule has 13 heavy (non-hydrogen) atoms. The number of ketones is 1. The molecule has 0 aliphatic rings. The van der Waals surface area contributed by atoms with Gasteiger partial charge in [-0.1, -0.05) is 6.07 Å². The molecule has 0 unspecified atom stereocenters. The fourth-order valence-corrected chi connectivity index (χ4v) is 2.69. The third kappa shape index (κ3) is 2.44. The maximum atomic E-state index is 11.4. The van der Waals surface area contributed by atoms with Crippen LogP contribution < -0.4 is 0 Å². The summed E-state index contributed by atoms with van der Waals surface area (Å²) in [6.07, 6.45) is 0. The van der Waals surface area contributed by atoms with Crippen LogP contribution in [0.25, 0.3) is 0 Å². The molecule has 0 amide bonds. The summed E-state index contributed by atoms with van der Waals surface area (Å²) in [5.41, 5.74) is 2.95. The Labute approximate surface area is 96.6 Å². The van der Waals surface area contributed by atoms with E-state index in [0.717, 1.165) is 14.7 Å². The molecule has 1 rings (SSSR count). The van der Waals surface area contributed by atoms with Gasteiger partial charge in [-0.15, -0.1) is 11.6 Å². The van der Waals surface area contributed by atoms with Gasteiger partial charge in [0.15, 0.2) is 5.78 Å². The van der Waals surface area contributed by atoms with Gasteiger partial charge in [0.05, 0.1) is 5.88 Å². The van der Waals surface area contributed by atoms with Crippen LogP contribution in [0.3, 0.4) is 0 Å². The lowest BCUT2D eigenvalue weighted by Gasteiger charge is -2.06. The van der Waals surface area contributed by atoms with Crippen molar-refractivity contribution in [3.8, 4) is 0 Å². The number of Topliss-reactive ketones (excluding diaryl/α,β-unsaturated/α-hetero) is 1. The Morgan fingerprint density at radius 3 is 2.54 bits per heavy atom. The number of hydrogen-bond acceptors (Lipinski definition) is 1. The molecule has 0 radical (unpaired) electrons. The third-order valence-corrected chi connectivity index (χ3v) is 2.93. The molecule has 0 aromatic heterocycles. The van der Waals surface area contributed by atoms with E-state index in [1.54, 1.807) is 0 Å². The summed E-state index contributed by atoms with van der Waals surface area (Å²) < 4.78 is 0.987. The molecule has 1 nitrogen and oxygen atoms in total. The quantitative estimate of drug-likeness (QED) is 0.465. The van der Waals surface area contributed by atoms with Gasteiger partial charge in [0.2, 0.25) is 0 Å². The molecule has 0 saturated heterocycles. The zero-order valence-corrected chi connectivity index (χ0v) is 10.4. The second kappa shape index (κ2) is 4.42. The van der Waals surface area contributed by atoms with Crippen LogP contribution in [0.1, 0.15) is 21.5 Å². The molecule has 0 spiro atoms. The van der Waals surface area contributed by atoms with Crippen molar-refractivity contribution in [2.75, 3.05) is 5.88 Å². The SMILES string of the molecule is Cc1cc(C)c(C(=O)CCl)c(I)c1. The van der Waals surface area contributed by atoms with Crippen LogP contribution in [-0.4, -0.2) is 11.7 Å². The lowest BCUT2D eigenvalue weighted by molar-refractivity contribution is 0.101. The lowest BCUT2D eigenvalue weighted by atomic mass is 10.0. The van der Waals surface area contributed by atoms with Crippen LogP contribution >= 0.6 is 34.2 Å². The first-order valence-electron chi connectivity index (χ1n) is 3.92. The highest BCUT2D eigenvalue weighted by atomic mass is 127. The summed E-state index contributed by atoms with van der Waals surface area (Å²) in [6.45, 7) is 3.96. The van der Waals surface area contributed by atoms with Gasteiger partial charge in [0.1, 0.15) is 0 Å². The Kier molecular flexibility index (Phi) is 3.74. The van der Waals surface area contributed by atoms with E-state index in [9.17, 15) is 4.79 Å². The van der Waals surface area contributed by atoms with Gasteiger partial charge in [0.25, 0.3) is 0 Å². The number of halogens is 2. The van der Waals surface area contributed by atoms with E-state index in [2.05, 4.69) is 22.6 Å². The van der Waals surface area contributed by atoms with Gasteiger partial charge in [-0.25, -0.2) is 0 Å². The monoisotopic (exact) mass is 308 g/mol. The number of hydrogen-bond donors (Lipinski definition) is 0. The Hall–Kier alpha value is -0.0900. The second-order valence-electron chi connectivity index (χ2n) is 3.00. The van der Waals surface area contributed by atoms with Gasteiger partial charge < -0.3 is 0 Å². The zero-order chi connectivity index (χ0) is 10.0. The molecule has 0 fully saturated rings. The highest BCUT2D eigenvalue weighted by molar-refractivity contribution is 14.1. The minimum Gasteiger partial charge on any atom is -0.293 e. The minimum absolute atomic E-state index is 0.00330. The molecule has 3 heteroatoms. The largest absolute Gasteiger partial charge is 0.293 e. The van der Waals surface area contributed by atoms with E-state index in [1.165, 1.54) is 5.56 Å². The summed E-state index contributed by atoms with van der Waals surface area (Å²) >= 11 is 7.69. The molecule has 70 valence electrons. The minimum atomic E-state index is 0.00330. The number of rotatable bonds is 2. The summed E-state index contributed by atoms with van der Waals surface area (Å²) in [7, 11) is 0. The highest BCUT2D eigenvalue weighted by Crippen LogP contribution is 2.19. The molecule has 0 N–H and O–H groups in total. The Balaban J connectivity index is 3.28. The first-order valence-corrected chi connectivity index (χ1v) is 5.53. The molecule has 1 aromatic carbocycles. The van der Waals surface area contributed by atoms with Gasteiger partial charge in [-0.05, 0) is 53.6 Å². The van der Waals surface area contributed by atoms with Crippen LogP contribution in [-0.2, 0) is 0 Å². The molecule has 0 bridgehead atoms. The number of carbonyl (C=O) groups is 1. The highest BCUT2D eigenvalue weighted by Gasteiger charge is 2.11. The predicted octanol–water partition coefficient (Wildman–Crippen LogP) is 3.33. The van der Waals surface area contributed by atoms with Crippen molar-refractivity contribution in [1.82, 2.24) is 0 Å². The van der Waals surface area contributed by atoms with Crippen LogP contribution in [0.15, 0.2) is 12.1 Å². The van der Waals surface area contributed by atoms with E-state index in [0.29, 0.717) is 0 Å². The Bertz CT molecular complexity index is 324. The topological polar surface area (TPSA) is 17.1 Å². The maximum Gasteiger partial charge on any atom is 0.178 e. The summed E-state index contributed by atoms with van der Waals surface area (Å²) in [4.78, 5) is 11.4. The maximum absolute atomic E-state index is 11.4. The first kappa shape index (κ1) is 11.0. The van der Waals surface area contributed by atoms with Gasteiger partial charge in [-0.2, -0.15) is 0 Å². The van der Waals surface area contributed by atoms with E-state index in [4.69, 9.17) is 11.6 Å². The number of carbonyl (C=O) groups excluding carboxylic acids is 1. The van der Waals surface area contributed by atoms with Crippen molar-refractivity contribution in [2.24, 2.45) is 0 Å². The molecular weight excluding hydrogens is 298 g/mol. The smallest absolute Gasteiger partial charge is 0.178 e. The van der Waals surface area contributed by atoms with E-state index >= 15 is 0 Å². The number of aryl methyl sites for hydroxylation is 2. The molecule has 0 atom stereocenters. The fraction of sp³-hybridized carbons (Fsp3) is 0.300. The van der Waals surface area contributed by atoms with Gasteiger partial charge >= 0.3 is 0 Å². The van der Waals surface area contributed by atoms with Gasteiger partial charge in [0, 0.05) is 9.13 Å². The first-order chi connectivity index (χ1) is 6.06. The normalized spacial score (nSPS) is 10.2. The van der Waals surface area contributed by atoms with Crippen LogP contribution in [0.5, 0.6) is 0 Å². The van der Waals surface area contributed by atoms with Crippen LogP contribution in [0, 0.1) is 17.4 Å². The van der Waals surface area contributed by atoms with E-state index in [1.807, 2.05) is 26.0 Å². The number of alkyl halides is 1. The standard InChI is InChI=1S/C10H10ClIO/c1-6-3-7(2)10(8(12)4-6)9(13)5-11/h3-4H,5H2,1-2H3. The Morgan fingerprint density at radius 2 is 2.08 bits per heavy atom. The summed E-state index contributed by atoms with van der Waals surface area (Å²) in [6, 6.07) is 4.00. The molecular formula is C10H10ClIO. The summed E-state index contributed by atoms with van der Waals surface area (Å²) in [5, 5.41) is 0. The van der Waals surface area contributed by atoms with E-state index in [-0.39, 0.29) is 11.7 Å². The Morgan fingerprint density at radius 1 is 1.46 bits per heavy atom. The second-order valence-corrected chi connectivity index (χ2v) is 4.42. The van der Waals surface area contributed by atoms with E-state index < -0.39 is 0 Å². The zero-order valence-electron chi connectivity index (χ0n) is 7.53. The van der Waals surface area contributed by atoms with Crippen molar-refractivity contribution in [2.45, 2.75) is 13.8 Å². The van der Waals surface area contributed by atoms with Gasteiger partial charge in [-0.3, -0.25) is 4.79 Å². The fourth-order valence-electron chi connectivity index (χ4n) is 1.34. The summed E-state index contributed by atoms with van der Waals surface area (Å²) in [5.74, 6) is 0.0588. The van der Waals surface area contributed by atoms with Crippen LogP contribution in [0.4, 0.5) is 0 Å². The van der Waals surface area contributed by atoms with Crippen molar-refractivity contribution in [3.63, 3.8) is 0 Å². The molecule has 0 aliphatic carbocycles. The van der Waals surface area contributed by atoms with Crippen molar-refractivity contribution in [1.29, 1.82) is 0 Å². The predicted molar refractivity (Wildman–Crippen MR) is 63.7 cm³/mol. The third-order valence-electron chi connectivity index (χ3n) is 1.83. The average molecular weight is 309 g/mol. The average Bonchev–Trinajstić information content (AvgIpc) is 2.02. The van der Waals surface area contributed by atoms with Crippen molar-refractivity contribution < 1.29 is 4.79 Å². The molecule has 0 aliphatic heterocycles. The molecule has 1 aromatic rings. The van der Waals surface area contributed by atoms with Crippen LogP contribution in [0.2, 0.25) is 0 Å². The van der Waals surface area contributed by atoms with Crippen molar-refractivity contribution >= 4 is 40.0 Å². The molecule has 0 saturated carbocycles. The lowest BCUT2D eigenvalue weighted by Crippen LogP contribution is -2.06. The number of benzene rings is 1. The van der Waals surface area contributed by atoms with Crippen molar-refractivity contribution in [3.05, 3.63) is 32.4 Å².